The molecule has 0 saturated heterocycles. The fourth-order valence-electron chi connectivity index (χ4n) is 1.39. The first kappa shape index (κ1) is 11.2. The summed E-state index contributed by atoms with van der Waals surface area (Å²) in [5.74, 6) is 0.629. The van der Waals surface area contributed by atoms with Crippen molar-refractivity contribution in [3.8, 4) is 11.1 Å². The standard InChI is InChI=1S/C10H8ClNO3S/c1-7-10(6-12-15-7)8-3-2-4-9(5-8)16(11,13)14/h2-6H,1H3. The molecule has 0 atom stereocenters. The average molecular weight is 258 g/mol. The molecule has 0 aliphatic heterocycles. The monoisotopic (exact) mass is 257 g/mol. The molecule has 16 heavy (non-hydrogen) atoms. The maximum atomic E-state index is 11.2. The number of aryl methyl sites for hydroxylation is 1. The van der Waals surface area contributed by atoms with Crippen LogP contribution in [0, 0.1) is 6.92 Å². The van der Waals surface area contributed by atoms with Crippen molar-refractivity contribution in [2.24, 2.45) is 0 Å². The zero-order chi connectivity index (χ0) is 11.8. The highest BCUT2D eigenvalue weighted by molar-refractivity contribution is 8.13. The molecule has 84 valence electrons. The van der Waals surface area contributed by atoms with Crippen LogP contribution in [0.3, 0.4) is 0 Å². The normalized spacial score (nSPS) is 11.6. The zero-order valence-electron chi connectivity index (χ0n) is 8.34. The minimum absolute atomic E-state index is 0.0623. The molecule has 2 rings (SSSR count). The number of halogens is 1. The summed E-state index contributed by atoms with van der Waals surface area (Å²) >= 11 is 0. The van der Waals surface area contributed by atoms with Crippen LogP contribution >= 0.6 is 10.7 Å². The topological polar surface area (TPSA) is 60.2 Å². The molecule has 0 aliphatic rings. The molecule has 0 N–H and O–H groups in total. The lowest BCUT2D eigenvalue weighted by Crippen LogP contribution is -1.90. The Morgan fingerprint density at radius 1 is 1.38 bits per heavy atom. The van der Waals surface area contributed by atoms with E-state index in [0.29, 0.717) is 11.3 Å². The number of hydrogen-bond donors (Lipinski definition) is 0. The molecule has 1 aromatic heterocycles. The zero-order valence-corrected chi connectivity index (χ0v) is 9.92. The van der Waals surface area contributed by atoms with E-state index in [2.05, 4.69) is 5.16 Å². The highest BCUT2D eigenvalue weighted by Crippen LogP contribution is 2.26. The molecule has 1 aromatic carbocycles. The van der Waals surface area contributed by atoms with Gasteiger partial charge in [-0.1, -0.05) is 17.3 Å². The second-order valence-corrected chi connectivity index (χ2v) is 5.83. The van der Waals surface area contributed by atoms with E-state index in [0.717, 1.165) is 5.56 Å². The Labute approximate surface area is 97.3 Å². The predicted molar refractivity (Wildman–Crippen MR) is 59.7 cm³/mol. The number of hydrogen-bond acceptors (Lipinski definition) is 4. The third kappa shape index (κ3) is 2.10. The molecular formula is C10H8ClNO3S. The van der Waals surface area contributed by atoms with Gasteiger partial charge in [0, 0.05) is 16.2 Å². The van der Waals surface area contributed by atoms with Crippen molar-refractivity contribution in [3.05, 3.63) is 36.2 Å². The van der Waals surface area contributed by atoms with E-state index < -0.39 is 9.05 Å². The summed E-state index contributed by atoms with van der Waals surface area (Å²) in [5.41, 5.74) is 1.46. The van der Waals surface area contributed by atoms with Crippen molar-refractivity contribution in [2.45, 2.75) is 11.8 Å². The van der Waals surface area contributed by atoms with E-state index in [4.69, 9.17) is 15.2 Å². The molecule has 2 aromatic rings. The number of benzene rings is 1. The minimum atomic E-state index is -3.71. The summed E-state index contributed by atoms with van der Waals surface area (Å²) in [6.07, 6.45) is 1.54. The molecule has 0 unspecified atom stereocenters. The Balaban J connectivity index is 2.57. The van der Waals surface area contributed by atoms with Gasteiger partial charge in [0.2, 0.25) is 0 Å². The highest BCUT2D eigenvalue weighted by atomic mass is 35.7. The summed E-state index contributed by atoms with van der Waals surface area (Å²) in [5, 5.41) is 3.63. The minimum Gasteiger partial charge on any atom is -0.361 e. The second kappa shape index (κ2) is 3.92. The third-order valence-electron chi connectivity index (χ3n) is 2.18. The second-order valence-electron chi connectivity index (χ2n) is 3.26. The van der Waals surface area contributed by atoms with E-state index in [1.165, 1.54) is 18.3 Å². The van der Waals surface area contributed by atoms with Crippen molar-refractivity contribution < 1.29 is 12.9 Å². The first-order valence-electron chi connectivity index (χ1n) is 4.45. The first-order valence-corrected chi connectivity index (χ1v) is 6.76. The van der Waals surface area contributed by atoms with Gasteiger partial charge in [0.15, 0.2) is 0 Å². The molecule has 6 heteroatoms. The lowest BCUT2D eigenvalue weighted by molar-refractivity contribution is 0.398. The van der Waals surface area contributed by atoms with Crippen molar-refractivity contribution >= 4 is 19.7 Å². The Hall–Kier alpha value is -1.33. The van der Waals surface area contributed by atoms with E-state index >= 15 is 0 Å². The molecule has 0 bridgehead atoms. The molecule has 0 radical (unpaired) electrons. The summed E-state index contributed by atoms with van der Waals surface area (Å²) in [6.45, 7) is 1.75. The van der Waals surface area contributed by atoms with Crippen molar-refractivity contribution in [3.63, 3.8) is 0 Å². The summed E-state index contributed by atoms with van der Waals surface area (Å²) in [4.78, 5) is 0.0623. The molecular weight excluding hydrogens is 250 g/mol. The van der Waals surface area contributed by atoms with Gasteiger partial charge >= 0.3 is 0 Å². The Morgan fingerprint density at radius 3 is 2.69 bits per heavy atom. The quantitative estimate of drug-likeness (QED) is 0.776. The number of nitrogens with zero attached hydrogens (tertiary/aromatic N) is 1. The first-order chi connectivity index (χ1) is 7.48. The summed E-state index contributed by atoms with van der Waals surface area (Å²) < 4.78 is 27.2. The van der Waals surface area contributed by atoms with Crippen LogP contribution in [-0.4, -0.2) is 13.6 Å². The van der Waals surface area contributed by atoms with Gasteiger partial charge in [-0.15, -0.1) is 0 Å². The maximum absolute atomic E-state index is 11.2. The fourth-order valence-corrected chi connectivity index (χ4v) is 2.19. The number of rotatable bonds is 2. The Bertz CT molecular complexity index is 618. The third-order valence-corrected chi connectivity index (χ3v) is 3.53. The van der Waals surface area contributed by atoms with Crippen LogP contribution < -0.4 is 0 Å². The van der Waals surface area contributed by atoms with Crippen molar-refractivity contribution in [2.75, 3.05) is 0 Å². The van der Waals surface area contributed by atoms with Gasteiger partial charge in [-0.3, -0.25) is 0 Å². The van der Waals surface area contributed by atoms with Crippen molar-refractivity contribution in [1.82, 2.24) is 5.16 Å². The highest BCUT2D eigenvalue weighted by Gasteiger charge is 2.12. The van der Waals surface area contributed by atoms with Gasteiger partial charge in [0.25, 0.3) is 9.05 Å². The maximum Gasteiger partial charge on any atom is 0.261 e. The number of aromatic nitrogens is 1. The van der Waals surface area contributed by atoms with Crippen LogP contribution in [0.4, 0.5) is 0 Å². The molecule has 1 heterocycles. The lowest BCUT2D eigenvalue weighted by Gasteiger charge is -2.00. The average Bonchev–Trinajstić information content (AvgIpc) is 2.63. The van der Waals surface area contributed by atoms with Gasteiger partial charge in [0.1, 0.15) is 5.76 Å². The molecule has 4 nitrogen and oxygen atoms in total. The van der Waals surface area contributed by atoms with Gasteiger partial charge in [0.05, 0.1) is 11.1 Å². The van der Waals surface area contributed by atoms with Crippen molar-refractivity contribution in [1.29, 1.82) is 0 Å². The summed E-state index contributed by atoms with van der Waals surface area (Å²) in [6, 6.07) is 6.32. The van der Waals surface area contributed by atoms with E-state index in [9.17, 15) is 8.42 Å². The largest absolute Gasteiger partial charge is 0.361 e. The SMILES string of the molecule is Cc1oncc1-c1cccc(S(=O)(=O)Cl)c1. The molecule has 0 fully saturated rings. The van der Waals surface area contributed by atoms with Gasteiger partial charge in [-0.25, -0.2) is 8.42 Å². The van der Waals surface area contributed by atoms with E-state index in [-0.39, 0.29) is 4.90 Å². The van der Waals surface area contributed by atoms with E-state index in [1.54, 1.807) is 19.1 Å². The predicted octanol–water partition coefficient (Wildman–Crippen LogP) is 2.58. The van der Waals surface area contributed by atoms with Gasteiger partial charge in [-0.2, -0.15) is 0 Å². The Kier molecular flexibility index (Phi) is 2.73. The smallest absolute Gasteiger partial charge is 0.261 e. The van der Waals surface area contributed by atoms with Gasteiger partial charge < -0.3 is 4.52 Å². The molecule has 0 spiro atoms. The molecule has 0 amide bonds. The van der Waals surface area contributed by atoms with Crippen LogP contribution in [0.25, 0.3) is 11.1 Å². The summed E-state index contributed by atoms with van der Waals surface area (Å²) in [7, 11) is 1.56. The molecule has 0 saturated carbocycles. The Morgan fingerprint density at radius 2 is 2.12 bits per heavy atom. The lowest BCUT2D eigenvalue weighted by atomic mass is 10.1. The van der Waals surface area contributed by atoms with Crippen LogP contribution in [0.5, 0.6) is 0 Å². The van der Waals surface area contributed by atoms with Gasteiger partial charge in [-0.05, 0) is 24.6 Å². The van der Waals surface area contributed by atoms with E-state index in [1.807, 2.05) is 0 Å². The molecule has 0 aliphatic carbocycles. The van der Waals surface area contributed by atoms with Crippen LogP contribution in [0.2, 0.25) is 0 Å². The van der Waals surface area contributed by atoms with Crippen LogP contribution in [0.1, 0.15) is 5.76 Å². The van der Waals surface area contributed by atoms with Crippen LogP contribution in [-0.2, 0) is 9.05 Å². The fraction of sp³-hybridized carbons (Fsp3) is 0.100. The van der Waals surface area contributed by atoms with Crippen LogP contribution in [0.15, 0.2) is 39.9 Å².